The summed E-state index contributed by atoms with van der Waals surface area (Å²) in [5.41, 5.74) is 2.09. The summed E-state index contributed by atoms with van der Waals surface area (Å²) in [6.07, 6.45) is 1.42. The van der Waals surface area contributed by atoms with Gasteiger partial charge in [-0.3, -0.25) is 19.2 Å². The number of nitrogens with one attached hydrogen (secondary N) is 5. The second kappa shape index (κ2) is 26.2. The van der Waals surface area contributed by atoms with Gasteiger partial charge in [-0.15, -0.1) is 0 Å². The van der Waals surface area contributed by atoms with Crippen LogP contribution in [-0.2, 0) is 43.3 Å². The van der Waals surface area contributed by atoms with E-state index in [0.717, 1.165) is 16.7 Å². The molecule has 0 aliphatic heterocycles. The normalized spacial score (nSPS) is 15.0. The van der Waals surface area contributed by atoms with E-state index < -0.39 is 72.2 Å². The molecule has 7 N–H and O–H groups in total. The number of benzene rings is 3. The van der Waals surface area contributed by atoms with Gasteiger partial charge >= 0.3 is 6.09 Å². The minimum atomic E-state index is -1.29. The molecule has 5 amide bonds. The van der Waals surface area contributed by atoms with Crippen LogP contribution >= 0.6 is 0 Å². The molecule has 3 rings (SSSR count). The average Bonchev–Trinajstić information content (AvgIpc) is 3.20. The van der Waals surface area contributed by atoms with Crippen LogP contribution in [0, 0.1) is 17.8 Å². The van der Waals surface area contributed by atoms with E-state index in [2.05, 4.69) is 26.6 Å². The number of carbonyl (C=O) groups is 5. The fraction of sp³-hybridized carbons (Fsp3) is 0.500. The van der Waals surface area contributed by atoms with Gasteiger partial charge in [0.05, 0.1) is 49.1 Å². The number of carbonyl (C=O) groups excluding carboxylic acids is 5. The first-order valence-electron chi connectivity index (χ1n) is 22.1. The van der Waals surface area contributed by atoms with Crippen LogP contribution in [0.5, 0.6) is 0 Å². The van der Waals surface area contributed by atoms with Gasteiger partial charge in [-0.05, 0) is 81.9 Å². The molecule has 0 radical (unpaired) electrons. The lowest BCUT2D eigenvalue weighted by molar-refractivity contribution is -0.131. The maximum absolute atomic E-state index is 14.2. The van der Waals surface area contributed by atoms with E-state index in [9.17, 15) is 34.2 Å². The van der Waals surface area contributed by atoms with Crippen LogP contribution in [0.15, 0.2) is 103 Å². The Kier molecular flexibility index (Phi) is 21.5. The summed E-state index contributed by atoms with van der Waals surface area (Å²) < 4.78 is 5.54. The van der Waals surface area contributed by atoms with Gasteiger partial charge in [0, 0.05) is 6.54 Å². The molecule has 0 aliphatic carbocycles. The Morgan fingerprint density at radius 3 is 1.54 bits per heavy atom. The van der Waals surface area contributed by atoms with Gasteiger partial charge in [0.2, 0.25) is 23.6 Å². The molecule has 13 heteroatoms. The lowest BCUT2D eigenvalue weighted by Gasteiger charge is -2.28. The molecular formula is C50H71N5O8. The van der Waals surface area contributed by atoms with Crippen molar-refractivity contribution in [3.05, 3.63) is 120 Å². The highest BCUT2D eigenvalue weighted by Crippen LogP contribution is 2.18. The number of ether oxygens (including phenoxy) is 1. The molecule has 0 aromatic heterocycles. The zero-order valence-corrected chi connectivity index (χ0v) is 38.3. The highest BCUT2D eigenvalue weighted by Gasteiger charge is 2.30. The van der Waals surface area contributed by atoms with E-state index in [0.29, 0.717) is 32.2 Å². The van der Waals surface area contributed by atoms with E-state index in [4.69, 9.17) is 4.74 Å². The number of alkyl carbamates (subject to hydrolysis) is 1. The number of hydrogen-bond acceptors (Lipinski definition) is 8. The second-order valence-corrected chi connectivity index (χ2v) is 18.2. The van der Waals surface area contributed by atoms with Crippen molar-refractivity contribution < 1.29 is 38.9 Å². The number of aliphatic hydroxyl groups excluding tert-OH is 2. The molecule has 7 unspecified atom stereocenters. The Hall–Kier alpha value is -5.53. The zero-order chi connectivity index (χ0) is 46.5. The quantitative estimate of drug-likeness (QED) is 0.0539. The molecule has 0 saturated heterocycles. The molecule has 13 nitrogen and oxygen atoms in total. The van der Waals surface area contributed by atoms with Crippen molar-refractivity contribution in [3.8, 4) is 0 Å². The van der Waals surface area contributed by atoms with E-state index >= 15 is 0 Å². The van der Waals surface area contributed by atoms with Crippen molar-refractivity contribution >= 4 is 29.7 Å². The first-order valence-corrected chi connectivity index (χ1v) is 22.1. The van der Waals surface area contributed by atoms with Crippen molar-refractivity contribution in [3.63, 3.8) is 0 Å². The highest BCUT2D eigenvalue weighted by molar-refractivity contribution is 5.88. The van der Waals surface area contributed by atoms with Crippen LogP contribution in [0.4, 0.5) is 4.79 Å². The van der Waals surface area contributed by atoms with Gasteiger partial charge < -0.3 is 41.5 Å². The van der Waals surface area contributed by atoms with Gasteiger partial charge in [-0.25, -0.2) is 4.79 Å². The third-order valence-corrected chi connectivity index (χ3v) is 10.1. The summed E-state index contributed by atoms with van der Waals surface area (Å²) in [7, 11) is 0. The monoisotopic (exact) mass is 870 g/mol. The summed E-state index contributed by atoms with van der Waals surface area (Å²) in [5.74, 6) is -2.48. The SMILES string of the molecule is CC(C)CC(NC(=O)C(C=CC(Cc1ccccc1)NC(=O)OC(C)(C)C)Cc1ccccc1)C(O)CC(=O)NC(C)C(=O)NC(CC(C)C)C(O)CC(=O)NCc1ccccc1. The summed E-state index contributed by atoms with van der Waals surface area (Å²) in [5, 5.41) is 36.7. The summed E-state index contributed by atoms with van der Waals surface area (Å²) in [6.45, 7) is 14.9. The Morgan fingerprint density at radius 1 is 0.587 bits per heavy atom. The molecule has 344 valence electrons. The van der Waals surface area contributed by atoms with Gasteiger partial charge in [0.15, 0.2) is 0 Å². The molecule has 63 heavy (non-hydrogen) atoms. The first kappa shape index (κ1) is 51.8. The van der Waals surface area contributed by atoms with Crippen LogP contribution in [0.1, 0.15) is 97.8 Å². The van der Waals surface area contributed by atoms with Crippen LogP contribution < -0.4 is 26.6 Å². The van der Waals surface area contributed by atoms with Crippen LogP contribution in [-0.4, -0.2) is 81.9 Å². The molecule has 0 aliphatic rings. The Bertz CT molecular complexity index is 1880. The van der Waals surface area contributed by atoms with E-state index in [1.54, 1.807) is 32.9 Å². The number of amides is 5. The number of aliphatic hydroxyl groups is 2. The summed E-state index contributed by atoms with van der Waals surface area (Å²) in [4.78, 5) is 66.4. The second-order valence-electron chi connectivity index (χ2n) is 18.2. The van der Waals surface area contributed by atoms with Crippen molar-refractivity contribution in [1.82, 2.24) is 26.6 Å². The van der Waals surface area contributed by atoms with Crippen LogP contribution in [0.3, 0.4) is 0 Å². The lowest BCUT2D eigenvalue weighted by Crippen LogP contribution is -2.53. The standard InChI is InChI=1S/C50H71N5O8/c1-33(2)26-41(43(56)30-45(58)51-32-38-22-16-11-17-23-38)54-47(60)35(5)52-46(59)31-44(57)42(27-34(3)4)55-48(61)39(28-36-18-12-9-13-19-36)24-25-40(29-37-20-14-10-15-21-37)53-49(62)63-50(6,7)8/h9-25,33-35,39-44,56-57H,26-32H2,1-8H3,(H,51,58)(H,52,59)(H,53,62)(H,54,60)(H,55,61). The third-order valence-electron chi connectivity index (χ3n) is 10.1. The van der Waals surface area contributed by atoms with Crippen molar-refractivity contribution in [2.45, 2.75) is 142 Å². The van der Waals surface area contributed by atoms with Gasteiger partial charge in [-0.2, -0.15) is 0 Å². The number of hydrogen-bond donors (Lipinski definition) is 7. The maximum atomic E-state index is 14.2. The Balaban J connectivity index is 1.70. The molecule has 0 saturated carbocycles. The lowest BCUT2D eigenvalue weighted by atomic mass is 9.93. The molecule has 3 aromatic rings. The minimum absolute atomic E-state index is 0.0406. The predicted octanol–water partition coefficient (Wildman–Crippen LogP) is 5.92. The van der Waals surface area contributed by atoms with Crippen LogP contribution in [0.25, 0.3) is 0 Å². The first-order chi connectivity index (χ1) is 29.8. The zero-order valence-electron chi connectivity index (χ0n) is 38.3. The molecule has 3 aromatic carbocycles. The third kappa shape index (κ3) is 20.9. The van der Waals surface area contributed by atoms with Crippen molar-refractivity contribution in [1.29, 1.82) is 0 Å². The predicted molar refractivity (Wildman–Crippen MR) is 246 cm³/mol. The molecule has 0 bridgehead atoms. The molecule has 7 atom stereocenters. The smallest absolute Gasteiger partial charge is 0.408 e. The summed E-state index contributed by atoms with van der Waals surface area (Å²) >= 11 is 0. The van der Waals surface area contributed by atoms with E-state index in [1.165, 1.54) is 6.92 Å². The van der Waals surface area contributed by atoms with Gasteiger partial charge in [0.1, 0.15) is 11.6 Å². The van der Waals surface area contributed by atoms with E-state index in [-0.39, 0.29) is 30.1 Å². The molecule has 0 fully saturated rings. The van der Waals surface area contributed by atoms with E-state index in [1.807, 2.05) is 119 Å². The summed E-state index contributed by atoms with van der Waals surface area (Å²) in [6, 6.07) is 25.5. The molecular weight excluding hydrogens is 799 g/mol. The fourth-order valence-electron chi connectivity index (χ4n) is 7.02. The molecule has 0 spiro atoms. The van der Waals surface area contributed by atoms with Gasteiger partial charge in [0.25, 0.3) is 0 Å². The highest BCUT2D eigenvalue weighted by atomic mass is 16.6. The average molecular weight is 870 g/mol. The topological polar surface area (TPSA) is 195 Å². The maximum Gasteiger partial charge on any atom is 0.408 e. The van der Waals surface area contributed by atoms with Crippen molar-refractivity contribution in [2.24, 2.45) is 17.8 Å². The van der Waals surface area contributed by atoms with Crippen molar-refractivity contribution in [2.75, 3.05) is 0 Å². The minimum Gasteiger partial charge on any atom is -0.444 e. The van der Waals surface area contributed by atoms with Crippen LogP contribution in [0.2, 0.25) is 0 Å². The molecule has 0 heterocycles. The Morgan fingerprint density at radius 2 is 1.05 bits per heavy atom. The Labute approximate surface area is 374 Å². The number of rotatable bonds is 24. The van der Waals surface area contributed by atoms with Gasteiger partial charge in [-0.1, -0.05) is 131 Å². The largest absolute Gasteiger partial charge is 0.444 e. The fourth-order valence-corrected chi connectivity index (χ4v) is 7.02.